The van der Waals surface area contributed by atoms with Crippen LogP contribution >= 0.6 is 0 Å². The zero-order valence-corrected chi connectivity index (χ0v) is 8.87. The monoisotopic (exact) mass is 183 g/mol. The molecular formula is C10H21N3. The SMILES string of the molecule is CN1CCC(N2CCN(C)C2)CC1. The molecule has 0 bridgehead atoms. The summed E-state index contributed by atoms with van der Waals surface area (Å²) < 4.78 is 0. The molecule has 0 aromatic rings. The van der Waals surface area contributed by atoms with E-state index in [0.29, 0.717) is 0 Å². The average molecular weight is 183 g/mol. The molecule has 0 spiro atoms. The number of rotatable bonds is 1. The molecule has 0 radical (unpaired) electrons. The lowest BCUT2D eigenvalue weighted by Gasteiger charge is -2.34. The molecule has 0 aromatic carbocycles. The van der Waals surface area contributed by atoms with Gasteiger partial charge < -0.3 is 4.90 Å². The lowest BCUT2D eigenvalue weighted by atomic mass is 10.0. The molecular weight excluding hydrogens is 162 g/mol. The average Bonchev–Trinajstić information content (AvgIpc) is 2.53. The first-order chi connectivity index (χ1) is 6.25. The minimum Gasteiger partial charge on any atom is -0.306 e. The van der Waals surface area contributed by atoms with Crippen LogP contribution in [0.15, 0.2) is 0 Å². The quantitative estimate of drug-likeness (QED) is 0.578. The number of hydrogen-bond acceptors (Lipinski definition) is 3. The number of likely N-dealkylation sites (tertiary alicyclic amines) is 1. The van der Waals surface area contributed by atoms with Crippen LogP contribution in [0, 0.1) is 0 Å². The van der Waals surface area contributed by atoms with Gasteiger partial charge in [-0.15, -0.1) is 0 Å². The smallest absolute Gasteiger partial charge is 0.0507 e. The van der Waals surface area contributed by atoms with Gasteiger partial charge in [0.15, 0.2) is 0 Å². The highest BCUT2D eigenvalue weighted by Crippen LogP contribution is 2.17. The van der Waals surface area contributed by atoms with Crippen LogP contribution in [0.3, 0.4) is 0 Å². The van der Waals surface area contributed by atoms with E-state index in [1.54, 1.807) is 0 Å². The van der Waals surface area contributed by atoms with Gasteiger partial charge in [0.25, 0.3) is 0 Å². The molecule has 0 amide bonds. The van der Waals surface area contributed by atoms with Crippen LogP contribution < -0.4 is 0 Å². The van der Waals surface area contributed by atoms with E-state index < -0.39 is 0 Å². The third-order valence-electron chi connectivity index (χ3n) is 3.40. The molecule has 13 heavy (non-hydrogen) atoms. The standard InChI is InChI=1S/C10H21N3/c1-11-5-3-10(4-6-11)13-8-7-12(2)9-13/h10H,3-9H2,1-2H3. The number of nitrogens with zero attached hydrogens (tertiary/aromatic N) is 3. The molecule has 0 saturated carbocycles. The molecule has 2 aliphatic heterocycles. The Morgan fingerprint density at radius 3 is 2.08 bits per heavy atom. The van der Waals surface area contributed by atoms with Crippen LogP contribution in [0.5, 0.6) is 0 Å². The number of piperidine rings is 1. The number of likely N-dealkylation sites (N-methyl/N-ethyl adjacent to an activating group) is 1. The lowest BCUT2D eigenvalue weighted by Crippen LogP contribution is -2.43. The topological polar surface area (TPSA) is 9.72 Å². The van der Waals surface area contributed by atoms with Gasteiger partial charge in [0.05, 0.1) is 6.67 Å². The number of hydrogen-bond donors (Lipinski definition) is 0. The van der Waals surface area contributed by atoms with Crippen LogP contribution in [0.25, 0.3) is 0 Å². The highest BCUT2D eigenvalue weighted by Gasteiger charge is 2.26. The summed E-state index contributed by atoms with van der Waals surface area (Å²) in [6, 6.07) is 0.862. The Bertz CT molecular complexity index is 164. The molecule has 0 unspecified atom stereocenters. The maximum Gasteiger partial charge on any atom is 0.0507 e. The van der Waals surface area contributed by atoms with E-state index in [-0.39, 0.29) is 0 Å². The Balaban J connectivity index is 1.81. The first-order valence-corrected chi connectivity index (χ1v) is 5.37. The van der Waals surface area contributed by atoms with Gasteiger partial charge in [0, 0.05) is 19.1 Å². The van der Waals surface area contributed by atoms with Crippen LogP contribution in [0.2, 0.25) is 0 Å². The van der Waals surface area contributed by atoms with E-state index in [1.807, 2.05) is 0 Å². The summed E-state index contributed by atoms with van der Waals surface area (Å²) in [7, 11) is 4.45. The predicted octanol–water partition coefficient (Wildman–Crippen LogP) is 0.286. The third kappa shape index (κ3) is 2.22. The van der Waals surface area contributed by atoms with Crippen LogP contribution in [0.1, 0.15) is 12.8 Å². The van der Waals surface area contributed by atoms with Gasteiger partial charge in [-0.1, -0.05) is 0 Å². The Morgan fingerprint density at radius 1 is 0.846 bits per heavy atom. The van der Waals surface area contributed by atoms with E-state index >= 15 is 0 Å². The van der Waals surface area contributed by atoms with Gasteiger partial charge in [-0.2, -0.15) is 0 Å². The predicted molar refractivity (Wildman–Crippen MR) is 54.7 cm³/mol. The normalized spacial score (nSPS) is 30.0. The summed E-state index contributed by atoms with van der Waals surface area (Å²) in [6.45, 7) is 6.29. The van der Waals surface area contributed by atoms with Gasteiger partial charge in [-0.25, -0.2) is 0 Å². The molecule has 2 aliphatic rings. The van der Waals surface area contributed by atoms with Gasteiger partial charge in [0.2, 0.25) is 0 Å². The molecule has 2 heterocycles. The van der Waals surface area contributed by atoms with Gasteiger partial charge >= 0.3 is 0 Å². The molecule has 2 saturated heterocycles. The molecule has 0 N–H and O–H groups in total. The molecule has 0 atom stereocenters. The van der Waals surface area contributed by atoms with Crippen molar-refractivity contribution in [3.63, 3.8) is 0 Å². The maximum absolute atomic E-state index is 2.65. The van der Waals surface area contributed by atoms with Gasteiger partial charge in [0.1, 0.15) is 0 Å². The zero-order chi connectivity index (χ0) is 9.26. The van der Waals surface area contributed by atoms with Crippen molar-refractivity contribution >= 4 is 0 Å². The van der Waals surface area contributed by atoms with Crippen LogP contribution in [-0.2, 0) is 0 Å². The maximum atomic E-state index is 2.65. The van der Waals surface area contributed by atoms with Gasteiger partial charge in [-0.05, 0) is 40.0 Å². The fourth-order valence-electron chi connectivity index (χ4n) is 2.41. The minimum absolute atomic E-state index is 0.862. The molecule has 2 rings (SSSR count). The highest BCUT2D eigenvalue weighted by molar-refractivity contribution is 4.81. The Hall–Kier alpha value is -0.120. The fourth-order valence-corrected chi connectivity index (χ4v) is 2.41. The second-order valence-electron chi connectivity index (χ2n) is 4.57. The summed E-state index contributed by atoms with van der Waals surface area (Å²) in [5, 5.41) is 0. The summed E-state index contributed by atoms with van der Waals surface area (Å²) >= 11 is 0. The zero-order valence-electron chi connectivity index (χ0n) is 8.87. The van der Waals surface area contributed by atoms with Crippen molar-refractivity contribution < 1.29 is 0 Å². The summed E-state index contributed by atoms with van der Waals surface area (Å²) in [5.41, 5.74) is 0. The van der Waals surface area contributed by atoms with Crippen molar-refractivity contribution in [2.24, 2.45) is 0 Å². The van der Waals surface area contributed by atoms with Crippen molar-refractivity contribution in [2.45, 2.75) is 18.9 Å². The van der Waals surface area contributed by atoms with E-state index in [0.717, 1.165) is 6.04 Å². The van der Waals surface area contributed by atoms with Crippen molar-refractivity contribution in [3.8, 4) is 0 Å². The summed E-state index contributed by atoms with van der Waals surface area (Å²) in [4.78, 5) is 7.50. The van der Waals surface area contributed by atoms with Crippen LogP contribution in [-0.4, -0.2) is 67.7 Å². The van der Waals surface area contributed by atoms with Gasteiger partial charge in [-0.3, -0.25) is 9.80 Å². The lowest BCUT2D eigenvalue weighted by molar-refractivity contribution is 0.129. The first-order valence-electron chi connectivity index (χ1n) is 5.37. The first kappa shape index (κ1) is 9.44. The van der Waals surface area contributed by atoms with E-state index in [2.05, 4.69) is 28.8 Å². The molecule has 76 valence electrons. The summed E-state index contributed by atoms with van der Waals surface area (Å²) in [6.07, 6.45) is 2.73. The van der Waals surface area contributed by atoms with E-state index in [4.69, 9.17) is 0 Å². The molecule has 3 nitrogen and oxygen atoms in total. The Kier molecular flexibility index (Phi) is 2.86. The highest BCUT2D eigenvalue weighted by atomic mass is 15.4. The van der Waals surface area contributed by atoms with Crippen molar-refractivity contribution in [1.82, 2.24) is 14.7 Å². The van der Waals surface area contributed by atoms with Crippen molar-refractivity contribution in [2.75, 3.05) is 46.9 Å². The summed E-state index contributed by atoms with van der Waals surface area (Å²) in [5.74, 6) is 0. The Labute approximate surface area is 81.3 Å². The second kappa shape index (κ2) is 3.95. The second-order valence-corrected chi connectivity index (χ2v) is 4.57. The van der Waals surface area contributed by atoms with E-state index in [1.165, 1.54) is 45.7 Å². The molecule has 0 aliphatic carbocycles. The minimum atomic E-state index is 0.862. The molecule has 2 fully saturated rings. The van der Waals surface area contributed by atoms with Crippen molar-refractivity contribution in [3.05, 3.63) is 0 Å². The largest absolute Gasteiger partial charge is 0.306 e. The van der Waals surface area contributed by atoms with Crippen molar-refractivity contribution in [1.29, 1.82) is 0 Å². The molecule has 3 heteroatoms. The van der Waals surface area contributed by atoms with E-state index in [9.17, 15) is 0 Å². The fraction of sp³-hybridized carbons (Fsp3) is 1.00. The third-order valence-corrected chi connectivity index (χ3v) is 3.40. The molecule has 0 aromatic heterocycles. The van der Waals surface area contributed by atoms with Crippen LogP contribution in [0.4, 0.5) is 0 Å². The Morgan fingerprint density at radius 2 is 1.54 bits per heavy atom.